The van der Waals surface area contributed by atoms with Crippen LogP contribution in [0, 0.1) is 11.6 Å². The largest absolute Gasteiger partial charge is 0.497 e. The van der Waals surface area contributed by atoms with E-state index < -0.39 is 23.4 Å². The molecule has 0 radical (unpaired) electrons. The Labute approximate surface area is 182 Å². The summed E-state index contributed by atoms with van der Waals surface area (Å²) in [5.41, 5.74) is 0.974. The van der Waals surface area contributed by atoms with E-state index in [2.05, 4.69) is 5.32 Å². The fourth-order valence-electron chi connectivity index (χ4n) is 3.36. The van der Waals surface area contributed by atoms with Gasteiger partial charge >= 0.3 is 0 Å². The van der Waals surface area contributed by atoms with Crippen LogP contribution in [0.2, 0.25) is 0 Å². The van der Waals surface area contributed by atoms with Crippen LogP contribution in [0.1, 0.15) is 5.56 Å². The zero-order valence-electron chi connectivity index (χ0n) is 17.2. The van der Waals surface area contributed by atoms with Crippen molar-refractivity contribution in [2.45, 2.75) is 0 Å². The molecule has 1 aliphatic heterocycles. The number of anilines is 2. The third-order valence-corrected chi connectivity index (χ3v) is 4.98. The van der Waals surface area contributed by atoms with E-state index >= 15 is 0 Å². The van der Waals surface area contributed by atoms with Crippen molar-refractivity contribution in [2.75, 3.05) is 24.4 Å². The van der Waals surface area contributed by atoms with E-state index in [9.17, 15) is 18.4 Å². The van der Waals surface area contributed by atoms with Crippen LogP contribution in [0.25, 0.3) is 5.57 Å². The van der Waals surface area contributed by atoms with Crippen molar-refractivity contribution < 1.29 is 27.8 Å². The maximum Gasteiger partial charge on any atom is 0.282 e. The highest BCUT2D eigenvalue weighted by Gasteiger charge is 2.40. The van der Waals surface area contributed by atoms with Gasteiger partial charge in [0.25, 0.3) is 11.8 Å². The molecular formula is C24H18F2N2O4. The molecule has 6 nitrogen and oxygen atoms in total. The second-order valence-electron chi connectivity index (χ2n) is 6.88. The van der Waals surface area contributed by atoms with Gasteiger partial charge in [0, 0.05) is 11.8 Å². The molecule has 4 rings (SSSR count). The first kappa shape index (κ1) is 21.0. The summed E-state index contributed by atoms with van der Waals surface area (Å²) in [5, 5.41) is 2.79. The Morgan fingerprint density at radius 1 is 0.750 bits per heavy atom. The first-order chi connectivity index (χ1) is 15.4. The molecule has 3 aromatic rings. The molecule has 2 amide bonds. The lowest BCUT2D eigenvalue weighted by molar-refractivity contribution is -0.120. The summed E-state index contributed by atoms with van der Waals surface area (Å²) < 4.78 is 37.4. The number of hydrogen-bond acceptors (Lipinski definition) is 5. The molecule has 162 valence electrons. The number of imide groups is 1. The minimum absolute atomic E-state index is 0.0537. The average molecular weight is 436 g/mol. The minimum Gasteiger partial charge on any atom is -0.497 e. The average Bonchev–Trinajstić information content (AvgIpc) is 3.05. The van der Waals surface area contributed by atoms with Crippen molar-refractivity contribution in [1.29, 1.82) is 0 Å². The van der Waals surface area contributed by atoms with Gasteiger partial charge in [0.15, 0.2) is 11.6 Å². The van der Waals surface area contributed by atoms with Gasteiger partial charge in [0.05, 0.1) is 25.5 Å². The third kappa shape index (κ3) is 3.78. The molecular weight excluding hydrogens is 418 g/mol. The highest BCUT2D eigenvalue weighted by atomic mass is 19.2. The summed E-state index contributed by atoms with van der Waals surface area (Å²) in [7, 11) is 3.02. The van der Waals surface area contributed by atoms with E-state index in [-0.39, 0.29) is 17.0 Å². The molecule has 8 heteroatoms. The topological polar surface area (TPSA) is 67.9 Å². The molecule has 0 fully saturated rings. The molecule has 0 aromatic heterocycles. The van der Waals surface area contributed by atoms with Crippen molar-refractivity contribution in [3.05, 3.63) is 89.6 Å². The van der Waals surface area contributed by atoms with Crippen molar-refractivity contribution in [3.63, 3.8) is 0 Å². The number of methoxy groups -OCH3 is 2. The highest BCUT2D eigenvalue weighted by Crippen LogP contribution is 2.35. The summed E-state index contributed by atoms with van der Waals surface area (Å²) in [6.07, 6.45) is 0. The van der Waals surface area contributed by atoms with E-state index in [0.29, 0.717) is 22.7 Å². The van der Waals surface area contributed by atoms with Gasteiger partial charge in [-0.05, 0) is 54.1 Å². The number of nitrogens with zero attached hydrogens (tertiary/aromatic N) is 1. The number of halogens is 2. The number of amides is 2. The molecule has 0 saturated heterocycles. The van der Waals surface area contributed by atoms with Crippen LogP contribution in [-0.4, -0.2) is 26.0 Å². The van der Waals surface area contributed by atoms with Gasteiger partial charge in [-0.2, -0.15) is 0 Å². The molecule has 32 heavy (non-hydrogen) atoms. The van der Waals surface area contributed by atoms with Crippen molar-refractivity contribution >= 4 is 28.8 Å². The van der Waals surface area contributed by atoms with Crippen LogP contribution in [0.3, 0.4) is 0 Å². The molecule has 3 aromatic carbocycles. The maximum atomic E-state index is 13.7. The van der Waals surface area contributed by atoms with Crippen LogP contribution in [0.5, 0.6) is 11.5 Å². The lowest BCUT2D eigenvalue weighted by Crippen LogP contribution is -2.32. The standard InChI is InChI=1S/C24H18F2N2O4/c1-31-17-8-3-14(4-9-17)21-22(27-15-5-12-19(25)20(26)13-15)24(30)28(23(21)29)16-6-10-18(32-2)11-7-16/h3-13,27H,1-2H3. The van der Waals surface area contributed by atoms with E-state index in [1.807, 2.05) is 0 Å². The number of ether oxygens (including phenoxy) is 2. The first-order valence-corrected chi connectivity index (χ1v) is 9.56. The van der Waals surface area contributed by atoms with Gasteiger partial charge in [-0.3, -0.25) is 9.59 Å². The quantitative estimate of drug-likeness (QED) is 0.581. The maximum absolute atomic E-state index is 13.7. The second-order valence-corrected chi connectivity index (χ2v) is 6.88. The van der Waals surface area contributed by atoms with Gasteiger partial charge in [-0.25, -0.2) is 13.7 Å². The zero-order valence-corrected chi connectivity index (χ0v) is 17.2. The van der Waals surface area contributed by atoms with Gasteiger partial charge in [-0.1, -0.05) is 12.1 Å². The summed E-state index contributed by atoms with van der Waals surface area (Å²) in [6, 6.07) is 16.2. The Morgan fingerprint density at radius 2 is 1.34 bits per heavy atom. The van der Waals surface area contributed by atoms with E-state index in [1.54, 1.807) is 48.5 Å². The monoisotopic (exact) mass is 436 g/mol. The molecule has 0 unspecified atom stereocenters. The zero-order chi connectivity index (χ0) is 22.8. The minimum atomic E-state index is -1.08. The molecule has 0 aliphatic carbocycles. The van der Waals surface area contributed by atoms with Gasteiger partial charge < -0.3 is 14.8 Å². The van der Waals surface area contributed by atoms with E-state index in [4.69, 9.17) is 9.47 Å². The van der Waals surface area contributed by atoms with E-state index in [1.165, 1.54) is 20.3 Å². The van der Waals surface area contributed by atoms with Crippen LogP contribution < -0.4 is 19.7 Å². The predicted molar refractivity (Wildman–Crippen MR) is 115 cm³/mol. The van der Waals surface area contributed by atoms with Crippen LogP contribution >= 0.6 is 0 Å². The second kappa shape index (κ2) is 8.50. The molecule has 1 heterocycles. The Balaban J connectivity index is 1.79. The third-order valence-electron chi connectivity index (χ3n) is 4.98. The molecule has 1 N–H and O–H groups in total. The van der Waals surface area contributed by atoms with Gasteiger partial charge in [0.2, 0.25) is 0 Å². The number of carbonyl (C=O) groups is 2. The van der Waals surface area contributed by atoms with Crippen LogP contribution in [0.15, 0.2) is 72.4 Å². The highest BCUT2D eigenvalue weighted by molar-refractivity contribution is 6.46. The normalized spacial score (nSPS) is 13.6. The fourth-order valence-corrected chi connectivity index (χ4v) is 3.36. The first-order valence-electron chi connectivity index (χ1n) is 9.56. The summed E-state index contributed by atoms with van der Waals surface area (Å²) in [6.45, 7) is 0. The van der Waals surface area contributed by atoms with Crippen LogP contribution in [-0.2, 0) is 9.59 Å². The SMILES string of the molecule is COc1ccc(C2=C(Nc3ccc(F)c(F)c3)C(=O)N(c3ccc(OC)cc3)C2=O)cc1. The lowest BCUT2D eigenvalue weighted by atomic mass is 10.0. The summed E-state index contributed by atoms with van der Waals surface area (Å²) in [4.78, 5) is 27.7. The van der Waals surface area contributed by atoms with Crippen molar-refractivity contribution in [1.82, 2.24) is 0 Å². The Morgan fingerprint density at radius 3 is 1.91 bits per heavy atom. The molecule has 0 saturated carbocycles. The Kier molecular flexibility index (Phi) is 5.59. The Bertz CT molecular complexity index is 1220. The number of nitrogens with one attached hydrogen (secondary N) is 1. The number of benzene rings is 3. The number of carbonyl (C=O) groups excluding carboxylic acids is 2. The fraction of sp³-hybridized carbons (Fsp3) is 0.0833. The van der Waals surface area contributed by atoms with Crippen molar-refractivity contribution in [3.8, 4) is 11.5 Å². The van der Waals surface area contributed by atoms with E-state index in [0.717, 1.165) is 17.0 Å². The Hall–Kier alpha value is -4.20. The predicted octanol–water partition coefficient (Wildman–Crippen LogP) is 4.38. The number of hydrogen-bond donors (Lipinski definition) is 1. The van der Waals surface area contributed by atoms with Crippen LogP contribution in [0.4, 0.5) is 20.2 Å². The summed E-state index contributed by atoms with van der Waals surface area (Å²) >= 11 is 0. The number of rotatable bonds is 6. The molecule has 0 spiro atoms. The molecule has 1 aliphatic rings. The van der Waals surface area contributed by atoms with Gasteiger partial charge in [0.1, 0.15) is 17.2 Å². The summed E-state index contributed by atoms with van der Waals surface area (Å²) in [5.74, 6) is -2.14. The van der Waals surface area contributed by atoms with Gasteiger partial charge in [-0.15, -0.1) is 0 Å². The molecule has 0 bridgehead atoms. The molecule has 0 atom stereocenters. The smallest absolute Gasteiger partial charge is 0.282 e. The van der Waals surface area contributed by atoms with Crippen molar-refractivity contribution in [2.24, 2.45) is 0 Å². The lowest BCUT2D eigenvalue weighted by Gasteiger charge is -2.16.